The van der Waals surface area contributed by atoms with Crippen LogP contribution in [0.4, 0.5) is 0 Å². The fourth-order valence-corrected chi connectivity index (χ4v) is 11.8. The lowest BCUT2D eigenvalue weighted by atomic mass is 9.44. The Balaban J connectivity index is 1.15. The second-order valence-corrected chi connectivity index (χ2v) is 16.9. The van der Waals surface area contributed by atoms with Crippen molar-refractivity contribution in [3.63, 3.8) is 0 Å². The zero-order valence-electron chi connectivity index (χ0n) is 25.2. The molecule has 39 heavy (non-hydrogen) atoms. The van der Waals surface area contributed by atoms with E-state index in [9.17, 15) is 8.42 Å². The minimum absolute atomic E-state index is 0.135. The fourth-order valence-electron chi connectivity index (χ4n) is 10.7. The minimum atomic E-state index is -3.77. The summed E-state index contributed by atoms with van der Waals surface area (Å²) >= 11 is 0. The smallest absolute Gasteiger partial charge is 0.297 e. The molecule has 1 heterocycles. The van der Waals surface area contributed by atoms with Crippen molar-refractivity contribution >= 4 is 10.1 Å². The number of ether oxygens (including phenoxy) is 1. The number of epoxide rings is 1. The Morgan fingerprint density at radius 3 is 2.44 bits per heavy atom. The largest absolute Gasteiger partial charge is 0.365 e. The summed E-state index contributed by atoms with van der Waals surface area (Å²) < 4.78 is 38.7. The van der Waals surface area contributed by atoms with Crippen molar-refractivity contribution in [3.8, 4) is 0 Å². The summed E-state index contributed by atoms with van der Waals surface area (Å²) in [6.45, 7) is 14.4. The lowest BCUT2D eigenvalue weighted by Crippen LogP contribution is -2.59. The van der Waals surface area contributed by atoms with E-state index in [-0.39, 0.29) is 28.1 Å². The van der Waals surface area contributed by atoms with Gasteiger partial charge in [0.1, 0.15) is 5.60 Å². The van der Waals surface area contributed by atoms with E-state index in [0.717, 1.165) is 54.4 Å². The number of fused-ring (bicyclic) bond motifs is 4. The van der Waals surface area contributed by atoms with Crippen molar-refractivity contribution in [2.24, 2.45) is 46.3 Å². The lowest BCUT2D eigenvalue weighted by Gasteiger charge is -2.59. The van der Waals surface area contributed by atoms with Crippen LogP contribution < -0.4 is 0 Å². The molecule has 0 bridgehead atoms. The fraction of sp³-hybridized carbons (Fsp3) is 0.824. The maximum absolute atomic E-state index is 13.1. The Bertz CT molecular complexity index is 1160. The summed E-state index contributed by atoms with van der Waals surface area (Å²) in [5.41, 5.74) is 1.48. The second-order valence-electron chi connectivity index (χ2n) is 15.3. The summed E-state index contributed by atoms with van der Waals surface area (Å²) in [5.74, 6) is 4.78. The first kappa shape index (κ1) is 28.2. The maximum atomic E-state index is 13.1. The van der Waals surface area contributed by atoms with Gasteiger partial charge in [0.25, 0.3) is 10.1 Å². The average Bonchev–Trinajstić information content (AvgIpc) is 3.44. The topological polar surface area (TPSA) is 55.9 Å². The Morgan fingerprint density at radius 2 is 1.72 bits per heavy atom. The van der Waals surface area contributed by atoms with Crippen molar-refractivity contribution in [1.82, 2.24) is 0 Å². The molecule has 10 atom stereocenters. The highest BCUT2D eigenvalue weighted by Gasteiger charge is 2.76. The van der Waals surface area contributed by atoms with Gasteiger partial charge in [-0.15, -0.1) is 0 Å². The van der Waals surface area contributed by atoms with Crippen LogP contribution in [0.2, 0.25) is 0 Å². The van der Waals surface area contributed by atoms with E-state index in [0.29, 0.717) is 11.3 Å². The minimum Gasteiger partial charge on any atom is -0.365 e. The van der Waals surface area contributed by atoms with Crippen LogP contribution in [-0.2, 0) is 19.0 Å². The van der Waals surface area contributed by atoms with Gasteiger partial charge >= 0.3 is 0 Å². The molecule has 1 aromatic carbocycles. The van der Waals surface area contributed by atoms with Crippen molar-refractivity contribution < 1.29 is 17.3 Å². The highest BCUT2D eigenvalue weighted by atomic mass is 32.2. The molecule has 1 saturated heterocycles. The van der Waals surface area contributed by atoms with Crippen LogP contribution in [0, 0.1) is 53.3 Å². The third kappa shape index (κ3) is 4.56. The molecule has 0 aromatic heterocycles. The molecule has 0 unspecified atom stereocenters. The summed E-state index contributed by atoms with van der Waals surface area (Å²) in [7, 11) is -3.77. The number of aryl methyl sites for hydroxylation is 1. The van der Waals surface area contributed by atoms with Crippen LogP contribution in [0.5, 0.6) is 0 Å². The van der Waals surface area contributed by atoms with Gasteiger partial charge in [0, 0.05) is 11.8 Å². The molecule has 4 saturated carbocycles. The first-order chi connectivity index (χ1) is 18.4. The number of hydrogen-bond donors (Lipinski definition) is 0. The lowest BCUT2D eigenvalue weighted by molar-refractivity contribution is -0.113. The molecule has 0 radical (unpaired) electrons. The number of benzene rings is 1. The maximum Gasteiger partial charge on any atom is 0.297 e. The van der Waals surface area contributed by atoms with Crippen LogP contribution in [0.1, 0.15) is 111 Å². The van der Waals surface area contributed by atoms with Crippen molar-refractivity contribution in [2.45, 2.75) is 135 Å². The van der Waals surface area contributed by atoms with E-state index in [1.807, 2.05) is 19.1 Å². The van der Waals surface area contributed by atoms with E-state index in [4.69, 9.17) is 8.92 Å². The normalized spacial score (nSPS) is 43.8. The van der Waals surface area contributed by atoms with Gasteiger partial charge in [-0.1, -0.05) is 71.6 Å². The zero-order valence-corrected chi connectivity index (χ0v) is 26.1. The van der Waals surface area contributed by atoms with Gasteiger partial charge in [0.15, 0.2) is 0 Å². The highest BCUT2D eigenvalue weighted by molar-refractivity contribution is 7.86. The van der Waals surface area contributed by atoms with Crippen LogP contribution in [0.25, 0.3) is 0 Å². The highest BCUT2D eigenvalue weighted by Crippen LogP contribution is 2.74. The summed E-state index contributed by atoms with van der Waals surface area (Å²) in [6, 6.07) is 7.00. The average molecular weight is 557 g/mol. The van der Waals surface area contributed by atoms with Crippen LogP contribution in [0.3, 0.4) is 0 Å². The van der Waals surface area contributed by atoms with Crippen LogP contribution in [-0.4, -0.2) is 26.2 Å². The molecule has 4 nitrogen and oxygen atoms in total. The van der Waals surface area contributed by atoms with Crippen LogP contribution in [0.15, 0.2) is 29.2 Å². The molecule has 6 rings (SSSR count). The van der Waals surface area contributed by atoms with Gasteiger partial charge in [0.2, 0.25) is 0 Å². The predicted molar refractivity (Wildman–Crippen MR) is 156 cm³/mol. The molecular formula is C34H52O4S. The van der Waals surface area contributed by atoms with Gasteiger partial charge < -0.3 is 4.74 Å². The second kappa shape index (κ2) is 9.83. The quantitative estimate of drug-likeness (QED) is 0.239. The molecule has 5 heteroatoms. The van der Waals surface area contributed by atoms with E-state index in [2.05, 4.69) is 34.6 Å². The molecule has 218 valence electrons. The molecule has 4 aliphatic carbocycles. The third-order valence-electron chi connectivity index (χ3n) is 12.8. The van der Waals surface area contributed by atoms with E-state index < -0.39 is 10.1 Å². The van der Waals surface area contributed by atoms with Gasteiger partial charge in [-0.2, -0.15) is 8.42 Å². The Labute approximate surface area is 238 Å². The van der Waals surface area contributed by atoms with Crippen LogP contribution >= 0.6 is 0 Å². The molecule has 0 N–H and O–H groups in total. The number of hydrogen-bond acceptors (Lipinski definition) is 4. The van der Waals surface area contributed by atoms with Crippen molar-refractivity contribution in [1.29, 1.82) is 0 Å². The predicted octanol–water partition coefficient (Wildman–Crippen LogP) is 8.32. The first-order valence-electron chi connectivity index (χ1n) is 16.1. The van der Waals surface area contributed by atoms with Gasteiger partial charge in [0.05, 0.1) is 17.1 Å². The van der Waals surface area contributed by atoms with Crippen molar-refractivity contribution in [3.05, 3.63) is 29.8 Å². The van der Waals surface area contributed by atoms with Gasteiger partial charge in [-0.25, -0.2) is 0 Å². The molecule has 0 amide bonds. The van der Waals surface area contributed by atoms with Gasteiger partial charge in [-0.05, 0) is 105 Å². The van der Waals surface area contributed by atoms with Gasteiger partial charge in [-0.3, -0.25) is 4.18 Å². The molecule has 1 aliphatic heterocycles. The zero-order chi connectivity index (χ0) is 27.8. The summed E-state index contributed by atoms with van der Waals surface area (Å²) in [6.07, 6.45) is 13.3. The Morgan fingerprint density at radius 1 is 0.974 bits per heavy atom. The van der Waals surface area contributed by atoms with E-state index >= 15 is 0 Å². The first-order valence-corrected chi connectivity index (χ1v) is 17.5. The molecular weight excluding hydrogens is 504 g/mol. The van der Waals surface area contributed by atoms with Crippen molar-refractivity contribution in [2.75, 3.05) is 0 Å². The summed E-state index contributed by atoms with van der Waals surface area (Å²) in [5, 5.41) is 0. The molecule has 5 fully saturated rings. The monoisotopic (exact) mass is 556 g/mol. The van der Waals surface area contributed by atoms with E-state index in [1.54, 1.807) is 12.1 Å². The third-order valence-corrected chi connectivity index (χ3v) is 14.2. The number of rotatable bonds is 8. The Hall–Kier alpha value is -0.910. The molecule has 5 aliphatic rings. The Kier molecular flexibility index (Phi) is 7.12. The molecule has 1 spiro atoms. The SMILES string of the molecule is Cc1ccc(S(=O)(=O)O[C@H]2CC[C@]3(C)[C@H]4CC[C@]5(C)[C@@H]([C@H](C)CCCC(C)C)CC[C@H]5[C@@H]4C[C@H]4O[C@]43C2)cc1. The summed E-state index contributed by atoms with van der Waals surface area (Å²) in [4.78, 5) is 0.261. The standard InChI is InChI=1S/C34H52O4S/c1-22(2)8-7-9-24(4)28-14-15-29-27-20-31-34(37-31)21-25(38-39(35,36)26-12-10-23(3)11-13-26)16-19-33(34,6)30(27)17-18-32(28,29)5/h10-13,22,24-25,27-31H,7-9,14-21H2,1-6H3/t24-,25+,27+,28-,29+,30+,31-,32-,33-,34-/m1/s1. The molecule has 1 aromatic rings. The van der Waals surface area contributed by atoms with E-state index in [1.165, 1.54) is 51.4 Å².